The molecule has 2 rings (SSSR count). The number of hydrogen-bond donors (Lipinski definition) is 2. The Hall–Kier alpha value is -1.22. The summed E-state index contributed by atoms with van der Waals surface area (Å²) < 4.78 is 5.07. The highest BCUT2D eigenvalue weighted by Crippen LogP contribution is 2.37. The first-order chi connectivity index (χ1) is 8.22. The molecule has 0 saturated heterocycles. The van der Waals surface area contributed by atoms with Crippen molar-refractivity contribution in [1.29, 1.82) is 0 Å². The first-order valence-electron chi connectivity index (χ1n) is 6.35. The van der Waals surface area contributed by atoms with Gasteiger partial charge in [-0.05, 0) is 24.8 Å². The summed E-state index contributed by atoms with van der Waals surface area (Å²) in [5.41, 5.74) is 7.11. The predicted molar refractivity (Wildman–Crippen MR) is 68.2 cm³/mol. The zero-order valence-corrected chi connectivity index (χ0v) is 10.4. The molecule has 1 aliphatic rings. The zero-order chi connectivity index (χ0) is 12.3. The molecule has 3 nitrogen and oxygen atoms in total. The van der Waals surface area contributed by atoms with E-state index in [0.29, 0.717) is 11.7 Å². The fraction of sp³-hybridized carbons (Fsp3) is 0.571. The molecular weight excluding hydrogens is 214 g/mol. The molecule has 3 heteroatoms. The second-order valence-electron chi connectivity index (χ2n) is 4.85. The third-order valence-corrected chi connectivity index (χ3v) is 3.75. The second-order valence-corrected chi connectivity index (χ2v) is 4.85. The van der Waals surface area contributed by atoms with E-state index in [4.69, 9.17) is 10.5 Å². The predicted octanol–water partition coefficient (Wildman–Crippen LogP) is 2.98. The molecule has 1 fully saturated rings. The van der Waals surface area contributed by atoms with Crippen molar-refractivity contribution in [2.45, 2.75) is 38.1 Å². The quantitative estimate of drug-likeness (QED) is 0.846. The van der Waals surface area contributed by atoms with Crippen LogP contribution in [-0.4, -0.2) is 12.2 Å². The van der Waals surface area contributed by atoms with E-state index in [1.165, 1.54) is 32.1 Å². The molecule has 3 N–H and O–H groups in total. The maximum absolute atomic E-state index is 9.96. The van der Waals surface area contributed by atoms with Gasteiger partial charge in [-0.25, -0.2) is 0 Å². The van der Waals surface area contributed by atoms with Gasteiger partial charge in [0.1, 0.15) is 11.5 Å². The monoisotopic (exact) mass is 235 g/mol. The van der Waals surface area contributed by atoms with E-state index < -0.39 is 0 Å². The van der Waals surface area contributed by atoms with Crippen molar-refractivity contribution in [1.82, 2.24) is 0 Å². The lowest BCUT2D eigenvalue weighted by molar-refractivity contribution is 0.302. The Morgan fingerprint density at radius 1 is 1.29 bits per heavy atom. The number of nitrogens with two attached hydrogens (primary N) is 1. The molecule has 1 aliphatic carbocycles. The molecule has 94 valence electrons. The first-order valence-corrected chi connectivity index (χ1v) is 6.35. The van der Waals surface area contributed by atoms with Crippen molar-refractivity contribution in [3.05, 3.63) is 23.8 Å². The molecule has 0 amide bonds. The van der Waals surface area contributed by atoms with Crippen LogP contribution in [0.25, 0.3) is 0 Å². The van der Waals surface area contributed by atoms with Gasteiger partial charge >= 0.3 is 0 Å². The minimum absolute atomic E-state index is 0.0544. The number of ether oxygens (including phenoxy) is 1. The van der Waals surface area contributed by atoms with Crippen LogP contribution < -0.4 is 10.5 Å². The van der Waals surface area contributed by atoms with E-state index in [9.17, 15) is 5.11 Å². The fourth-order valence-electron chi connectivity index (χ4n) is 2.68. The van der Waals surface area contributed by atoms with Gasteiger partial charge in [-0.2, -0.15) is 0 Å². The van der Waals surface area contributed by atoms with E-state index in [1.54, 1.807) is 13.2 Å². The molecule has 1 saturated carbocycles. The number of phenolic OH excluding ortho intramolecular Hbond substituents is 1. The Morgan fingerprint density at radius 2 is 2.00 bits per heavy atom. The second kappa shape index (κ2) is 5.41. The number of hydrogen-bond acceptors (Lipinski definition) is 3. The largest absolute Gasteiger partial charge is 0.507 e. The maximum Gasteiger partial charge on any atom is 0.124 e. The third-order valence-electron chi connectivity index (χ3n) is 3.75. The number of aromatic hydroxyl groups is 1. The van der Waals surface area contributed by atoms with E-state index in [1.807, 2.05) is 12.1 Å². The molecule has 0 aliphatic heterocycles. The molecule has 0 aromatic heterocycles. The fourth-order valence-corrected chi connectivity index (χ4v) is 2.68. The average Bonchev–Trinajstić information content (AvgIpc) is 2.39. The van der Waals surface area contributed by atoms with Crippen LogP contribution in [0.5, 0.6) is 11.5 Å². The van der Waals surface area contributed by atoms with Crippen molar-refractivity contribution >= 4 is 0 Å². The van der Waals surface area contributed by atoms with Crippen molar-refractivity contribution < 1.29 is 9.84 Å². The van der Waals surface area contributed by atoms with Gasteiger partial charge in [0.2, 0.25) is 0 Å². The average molecular weight is 235 g/mol. The minimum atomic E-state index is -0.0544. The first kappa shape index (κ1) is 12.2. The summed E-state index contributed by atoms with van der Waals surface area (Å²) in [6, 6.07) is 5.32. The van der Waals surface area contributed by atoms with Crippen LogP contribution in [0.1, 0.15) is 43.7 Å². The number of rotatable bonds is 3. The summed E-state index contributed by atoms with van der Waals surface area (Å²) in [5, 5.41) is 9.96. The van der Waals surface area contributed by atoms with E-state index in [0.717, 1.165) is 5.56 Å². The lowest BCUT2D eigenvalue weighted by atomic mass is 9.81. The smallest absolute Gasteiger partial charge is 0.124 e. The molecule has 0 unspecified atom stereocenters. The molecule has 0 heterocycles. The molecule has 17 heavy (non-hydrogen) atoms. The summed E-state index contributed by atoms with van der Waals surface area (Å²) >= 11 is 0. The topological polar surface area (TPSA) is 55.5 Å². The lowest BCUT2D eigenvalue weighted by Crippen LogP contribution is -2.23. The zero-order valence-electron chi connectivity index (χ0n) is 10.4. The van der Waals surface area contributed by atoms with Crippen molar-refractivity contribution in [2.24, 2.45) is 11.7 Å². The normalized spacial score (nSPS) is 18.9. The minimum Gasteiger partial charge on any atom is -0.507 e. The Bertz CT molecular complexity index is 372. The highest BCUT2D eigenvalue weighted by Gasteiger charge is 2.23. The molecule has 1 aromatic carbocycles. The van der Waals surface area contributed by atoms with Crippen molar-refractivity contribution in [2.75, 3.05) is 7.11 Å². The Labute approximate surface area is 103 Å². The SMILES string of the molecule is COc1ccc([C@@H](N)C2CCCCC2)c(O)c1. The van der Waals surface area contributed by atoms with Gasteiger partial charge < -0.3 is 15.6 Å². The van der Waals surface area contributed by atoms with E-state index in [-0.39, 0.29) is 11.8 Å². The Balaban J connectivity index is 2.15. The van der Waals surface area contributed by atoms with Gasteiger partial charge in [-0.1, -0.05) is 25.3 Å². The highest BCUT2D eigenvalue weighted by molar-refractivity contribution is 5.41. The van der Waals surface area contributed by atoms with Crippen molar-refractivity contribution in [3.8, 4) is 11.5 Å². The molecular formula is C14H21NO2. The Morgan fingerprint density at radius 3 is 2.59 bits per heavy atom. The van der Waals surface area contributed by atoms with E-state index in [2.05, 4.69) is 0 Å². The number of benzene rings is 1. The van der Waals surface area contributed by atoms with Gasteiger partial charge in [-0.3, -0.25) is 0 Å². The summed E-state index contributed by atoms with van der Waals surface area (Å²) in [6.07, 6.45) is 6.18. The third kappa shape index (κ3) is 2.72. The van der Waals surface area contributed by atoms with Crippen LogP contribution >= 0.6 is 0 Å². The van der Waals surface area contributed by atoms with Gasteiger partial charge in [0, 0.05) is 17.7 Å². The van der Waals surface area contributed by atoms with Gasteiger partial charge in [0.05, 0.1) is 7.11 Å². The molecule has 1 aromatic rings. The van der Waals surface area contributed by atoms with Crippen LogP contribution in [0, 0.1) is 5.92 Å². The van der Waals surface area contributed by atoms with E-state index >= 15 is 0 Å². The molecule has 0 radical (unpaired) electrons. The molecule has 1 atom stereocenters. The number of phenols is 1. The lowest BCUT2D eigenvalue weighted by Gasteiger charge is -2.28. The molecule has 0 bridgehead atoms. The van der Waals surface area contributed by atoms with Crippen LogP contribution in [0.2, 0.25) is 0 Å². The number of methoxy groups -OCH3 is 1. The van der Waals surface area contributed by atoms with Crippen LogP contribution in [-0.2, 0) is 0 Å². The Kier molecular flexibility index (Phi) is 3.89. The van der Waals surface area contributed by atoms with Crippen LogP contribution in [0.15, 0.2) is 18.2 Å². The summed E-state index contributed by atoms with van der Waals surface area (Å²) in [7, 11) is 1.59. The molecule has 0 spiro atoms. The summed E-state index contributed by atoms with van der Waals surface area (Å²) in [4.78, 5) is 0. The summed E-state index contributed by atoms with van der Waals surface area (Å²) in [5.74, 6) is 1.42. The van der Waals surface area contributed by atoms with Crippen molar-refractivity contribution in [3.63, 3.8) is 0 Å². The van der Waals surface area contributed by atoms with Crippen LogP contribution in [0.4, 0.5) is 0 Å². The standard InChI is InChI=1S/C14H21NO2/c1-17-11-7-8-12(13(16)9-11)14(15)10-5-3-2-4-6-10/h7-10,14,16H,2-6,15H2,1H3/t14-/m0/s1. The van der Waals surface area contributed by atoms with Gasteiger partial charge in [-0.15, -0.1) is 0 Å². The van der Waals surface area contributed by atoms with Crippen LogP contribution in [0.3, 0.4) is 0 Å². The maximum atomic E-state index is 9.96. The van der Waals surface area contributed by atoms with Gasteiger partial charge in [0.15, 0.2) is 0 Å². The highest BCUT2D eigenvalue weighted by atomic mass is 16.5. The summed E-state index contributed by atoms with van der Waals surface area (Å²) in [6.45, 7) is 0. The van der Waals surface area contributed by atoms with Gasteiger partial charge in [0.25, 0.3) is 0 Å².